The summed E-state index contributed by atoms with van der Waals surface area (Å²) in [6, 6.07) is 0. The van der Waals surface area contributed by atoms with Gasteiger partial charge in [0, 0.05) is 19.4 Å². The van der Waals surface area contributed by atoms with Crippen molar-refractivity contribution in [1.29, 1.82) is 0 Å². The molecule has 0 aromatic rings. The van der Waals surface area contributed by atoms with E-state index in [0.29, 0.717) is 19.3 Å². The molecule has 0 heterocycles. The van der Waals surface area contributed by atoms with E-state index in [9.17, 15) is 24.2 Å². The molecule has 0 aromatic heterocycles. The second kappa shape index (κ2) is 41.1. The summed E-state index contributed by atoms with van der Waals surface area (Å²) < 4.78 is 32.7. The summed E-state index contributed by atoms with van der Waals surface area (Å²) in [5.74, 6) is -0.911. The predicted molar refractivity (Wildman–Crippen MR) is 230 cm³/mol. The number of hydrogen-bond acceptors (Lipinski definition) is 9. The number of carbonyl (C=O) groups excluding carboxylic acids is 2. The Labute approximate surface area is 341 Å². The predicted octanol–water partition coefficient (Wildman–Crippen LogP) is 11.7. The van der Waals surface area contributed by atoms with Crippen LogP contribution >= 0.6 is 7.82 Å². The maximum atomic E-state index is 12.6. The van der Waals surface area contributed by atoms with E-state index in [4.69, 9.17) is 24.3 Å². The van der Waals surface area contributed by atoms with E-state index in [1.54, 1.807) is 0 Å². The fourth-order valence-electron chi connectivity index (χ4n) is 6.00. The van der Waals surface area contributed by atoms with Crippen LogP contribution in [0.4, 0.5) is 0 Å². The van der Waals surface area contributed by atoms with Crippen molar-refractivity contribution in [2.75, 3.05) is 26.4 Å². The number of nitrogens with two attached hydrogens (primary N) is 1. The lowest BCUT2D eigenvalue weighted by Crippen LogP contribution is -2.29. The summed E-state index contributed by atoms with van der Waals surface area (Å²) in [4.78, 5) is 34.9. The number of aliphatic hydroxyl groups excluding tert-OH is 1. The summed E-state index contributed by atoms with van der Waals surface area (Å²) in [7, 11) is -4.40. The average molecular weight is 812 g/mol. The van der Waals surface area contributed by atoms with Crippen LogP contribution in [0.15, 0.2) is 48.6 Å². The molecule has 0 saturated heterocycles. The van der Waals surface area contributed by atoms with Crippen molar-refractivity contribution in [2.45, 2.75) is 199 Å². The highest BCUT2D eigenvalue weighted by molar-refractivity contribution is 7.47. The van der Waals surface area contributed by atoms with Gasteiger partial charge in [0.25, 0.3) is 0 Å². The molecule has 0 radical (unpaired) electrons. The maximum absolute atomic E-state index is 12.6. The monoisotopic (exact) mass is 812 g/mol. The van der Waals surface area contributed by atoms with Crippen LogP contribution in [0.2, 0.25) is 0 Å². The van der Waals surface area contributed by atoms with E-state index in [-0.39, 0.29) is 38.7 Å². The minimum Gasteiger partial charge on any atom is -0.462 e. The number of esters is 2. The summed E-state index contributed by atoms with van der Waals surface area (Å²) in [5, 5.41) is 9.72. The molecular formula is C45H82NO9P. The van der Waals surface area contributed by atoms with Gasteiger partial charge < -0.3 is 25.2 Å². The van der Waals surface area contributed by atoms with Gasteiger partial charge in [0.2, 0.25) is 0 Å². The Morgan fingerprint density at radius 1 is 0.607 bits per heavy atom. The van der Waals surface area contributed by atoms with Crippen molar-refractivity contribution >= 4 is 19.8 Å². The standard InChI is InChI=1S/C45H82NO9P/c1-3-5-6-7-8-9-10-11-12-13-14-17-21-24-27-30-33-37-45(49)55-43(41-54-56(50,51)53-39-38-46)40-52-44(48)36-32-29-26-23-20-18-15-16-19-22-25-28-31-35-42(47)34-4-2/h15,18-19,22-23,26,28,31,42-43,47H,3-14,16-17,20-21,24-25,27,29-30,32-41,46H2,1-2H3,(H,50,51)/b18-15-,22-19-,26-23-,31-28-/t42?,43-/m1/s1. The summed E-state index contributed by atoms with van der Waals surface area (Å²) in [5.41, 5.74) is 5.34. The van der Waals surface area contributed by atoms with E-state index < -0.39 is 32.5 Å². The van der Waals surface area contributed by atoms with E-state index in [1.807, 2.05) is 12.2 Å². The fourth-order valence-corrected chi connectivity index (χ4v) is 6.76. The smallest absolute Gasteiger partial charge is 0.462 e. The van der Waals surface area contributed by atoms with E-state index >= 15 is 0 Å². The van der Waals surface area contributed by atoms with Gasteiger partial charge in [-0.05, 0) is 51.4 Å². The van der Waals surface area contributed by atoms with Gasteiger partial charge >= 0.3 is 19.8 Å². The Balaban J connectivity index is 4.24. The Hall–Kier alpha value is -2.07. The van der Waals surface area contributed by atoms with Gasteiger partial charge in [-0.2, -0.15) is 0 Å². The molecule has 3 atom stereocenters. The molecule has 10 nitrogen and oxygen atoms in total. The molecule has 0 aliphatic carbocycles. The summed E-state index contributed by atoms with van der Waals surface area (Å²) in [6.07, 6.45) is 43.5. The normalized spacial score (nSPS) is 14.3. The minimum absolute atomic E-state index is 0.0401. The first-order valence-electron chi connectivity index (χ1n) is 22.2. The first-order chi connectivity index (χ1) is 27.2. The fraction of sp³-hybridized carbons (Fsp3) is 0.778. The van der Waals surface area contributed by atoms with Crippen molar-refractivity contribution in [3.8, 4) is 0 Å². The zero-order chi connectivity index (χ0) is 41.2. The summed E-state index contributed by atoms with van der Waals surface area (Å²) in [6.45, 7) is 3.47. The molecule has 0 saturated carbocycles. The molecule has 0 aliphatic rings. The lowest BCUT2D eigenvalue weighted by Gasteiger charge is -2.19. The third-order valence-corrected chi connectivity index (χ3v) is 10.3. The van der Waals surface area contributed by atoms with Crippen LogP contribution in [-0.4, -0.2) is 60.5 Å². The van der Waals surface area contributed by atoms with Crippen LogP contribution in [0.1, 0.15) is 187 Å². The molecule has 326 valence electrons. The average Bonchev–Trinajstić information content (AvgIpc) is 3.17. The lowest BCUT2D eigenvalue weighted by atomic mass is 10.0. The van der Waals surface area contributed by atoms with Gasteiger partial charge in [-0.25, -0.2) is 4.57 Å². The van der Waals surface area contributed by atoms with Crippen LogP contribution in [0.3, 0.4) is 0 Å². The number of allylic oxidation sites excluding steroid dienone is 7. The lowest BCUT2D eigenvalue weighted by molar-refractivity contribution is -0.161. The number of phosphoric acid groups is 1. The van der Waals surface area contributed by atoms with Crippen molar-refractivity contribution in [1.82, 2.24) is 0 Å². The van der Waals surface area contributed by atoms with Crippen molar-refractivity contribution in [3.63, 3.8) is 0 Å². The third-order valence-electron chi connectivity index (χ3n) is 9.27. The molecular weight excluding hydrogens is 729 g/mol. The zero-order valence-electron chi connectivity index (χ0n) is 35.5. The van der Waals surface area contributed by atoms with Crippen LogP contribution in [0.5, 0.6) is 0 Å². The number of unbranched alkanes of at least 4 members (excludes halogenated alkanes) is 17. The number of carbonyl (C=O) groups is 2. The molecule has 0 fully saturated rings. The number of aliphatic hydroxyl groups is 1. The van der Waals surface area contributed by atoms with Gasteiger partial charge in [0.1, 0.15) is 6.61 Å². The molecule has 0 aliphatic heterocycles. The largest absolute Gasteiger partial charge is 0.472 e. The minimum atomic E-state index is -4.40. The third kappa shape index (κ3) is 40.1. The molecule has 0 bridgehead atoms. The summed E-state index contributed by atoms with van der Waals surface area (Å²) >= 11 is 0. The zero-order valence-corrected chi connectivity index (χ0v) is 36.4. The highest BCUT2D eigenvalue weighted by atomic mass is 31.2. The molecule has 2 unspecified atom stereocenters. The molecule has 0 spiro atoms. The van der Waals surface area contributed by atoms with Crippen LogP contribution in [-0.2, 0) is 32.7 Å². The number of phosphoric ester groups is 1. The Morgan fingerprint density at radius 2 is 1.09 bits per heavy atom. The van der Waals surface area contributed by atoms with Gasteiger partial charge in [-0.15, -0.1) is 0 Å². The second-order valence-electron chi connectivity index (χ2n) is 14.8. The van der Waals surface area contributed by atoms with E-state index in [1.165, 1.54) is 83.5 Å². The second-order valence-corrected chi connectivity index (χ2v) is 16.2. The molecule has 56 heavy (non-hydrogen) atoms. The molecule has 11 heteroatoms. The van der Waals surface area contributed by atoms with Gasteiger partial charge in [0.15, 0.2) is 6.10 Å². The molecule has 0 rings (SSSR count). The Morgan fingerprint density at radius 3 is 1.61 bits per heavy atom. The molecule has 0 aromatic carbocycles. The topological polar surface area (TPSA) is 155 Å². The van der Waals surface area contributed by atoms with Crippen LogP contribution in [0, 0.1) is 0 Å². The van der Waals surface area contributed by atoms with Gasteiger partial charge in [-0.1, -0.05) is 172 Å². The first-order valence-corrected chi connectivity index (χ1v) is 23.7. The Kier molecular flexibility index (Phi) is 39.6. The van der Waals surface area contributed by atoms with Crippen molar-refractivity contribution < 1.29 is 42.7 Å². The van der Waals surface area contributed by atoms with E-state index in [0.717, 1.165) is 57.8 Å². The SMILES string of the molecule is CCCCCCCCCCCCCCCCCCCC(=O)O[C@H](COC(=O)CCC/C=C\C/C=C\C/C=C\C/C=C\CC(O)CCC)COP(=O)(O)OCCN. The molecule has 4 N–H and O–H groups in total. The molecule has 0 amide bonds. The van der Waals surface area contributed by atoms with Crippen LogP contribution in [0.25, 0.3) is 0 Å². The Bertz CT molecular complexity index is 1080. The number of rotatable bonds is 41. The van der Waals surface area contributed by atoms with E-state index in [2.05, 4.69) is 50.3 Å². The maximum Gasteiger partial charge on any atom is 0.472 e. The highest BCUT2D eigenvalue weighted by Gasteiger charge is 2.26. The van der Waals surface area contributed by atoms with Crippen LogP contribution < -0.4 is 5.73 Å². The first kappa shape index (κ1) is 53.9. The number of ether oxygens (including phenoxy) is 2. The van der Waals surface area contributed by atoms with Gasteiger partial charge in [0.05, 0.1) is 19.3 Å². The van der Waals surface area contributed by atoms with Crippen molar-refractivity contribution in [3.05, 3.63) is 48.6 Å². The van der Waals surface area contributed by atoms with Gasteiger partial charge in [-0.3, -0.25) is 18.6 Å². The quantitative estimate of drug-likeness (QED) is 0.0235. The van der Waals surface area contributed by atoms with Crippen molar-refractivity contribution in [2.24, 2.45) is 5.73 Å². The highest BCUT2D eigenvalue weighted by Crippen LogP contribution is 2.43. The number of hydrogen-bond donors (Lipinski definition) is 3.